The van der Waals surface area contributed by atoms with Gasteiger partial charge in [-0.25, -0.2) is 4.98 Å². The first kappa shape index (κ1) is 11.6. The van der Waals surface area contributed by atoms with Gasteiger partial charge in [0.05, 0.1) is 0 Å². The molecule has 6 heteroatoms. The second-order valence-corrected chi connectivity index (χ2v) is 4.31. The summed E-state index contributed by atoms with van der Waals surface area (Å²) in [6, 6.07) is 12.3. The summed E-state index contributed by atoms with van der Waals surface area (Å²) in [6.07, 6.45) is 0. The molecule has 0 atom stereocenters. The first-order chi connectivity index (χ1) is 9.26. The van der Waals surface area contributed by atoms with Gasteiger partial charge in [-0.05, 0) is 29.8 Å². The second kappa shape index (κ2) is 4.65. The van der Waals surface area contributed by atoms with Crippen LogP contribution in [-0.2, 0) is 0 Å². The van der Waals surface area contributed by atoms with Crippen molar-refractivity contribution >= 4 is 28.4 Å². The fourth-order valence-electron chi connectivity index (χ4n) is 1.77. The average Bonchev–Trinajstić information content (AvgIpc) is 2.82. The number of rotatable bonds is 2. The third kappa shape index (κ3) is 2.25. The van der Waals surface area contributed by atoms with Gasteiger partial charge < -0.3 is 4.42 Å². The minimum atomic E-state index is 0.465. The van der Waals surface area contributed by atoms with E-state index in [0.29, 0.717) is 22.2 Å². The summed E-state index contributed by atoms with van der Waals surface area (Å²) in [6.45, 7) is 0. The Kier molecular flexibility index (Phi) is 2.83. The number of hydrogen-bond donors (Lipinski definition) is 0. The summed E-state index contributed by atoms with van der Waals surface area (Å²) in [5.74, 6) is 0.465. The zero-order chi connectivity index (χ0) is 13.2. The zero-order valence-corrected chi connectivity index (χ0v) is 10.4. The van der Waals surface area contributed by atoms with Crippen molar-refractivity contribution in [2.24, 2.45) is 5.11 Å². The molecule has 0 spiro atoms. The SMILES string of the molecule is [N-]=[N+]=Nc1cccc(-c2nc3ccc(Cl)cc3o2)c1. The molecule has 5 nitrogen and oxygen atoms in total. The quantitative estimate of drug-likeness (QED) is 0.369. The van der Waals surface area contributed by atoms with Crippen LogP contribution in [0.15, 0.2) is 52.0 Å². The number of azide groups is 1. The van der Waals surface area contributed by atoms with Crippen LogP contribution in [0, 0.1) is 0 Å². The van der Waals surface area contributed by atoms with E-state index in [4.69, 9.17) is 21.5 Å². The molecule has 0 fully saturated rings. The van der Waals surface area contributed by atoms with Gasteiger partial charge in [-0.2, -0.15) is 0 Å². The Morgan fingerprint density at radius 1 is 1.21 bits per heavy atom. The molecule has 19 heavy (non-hydrogen) atoms. The van der Waals surface area contributed by atoms with Crippen LogP contribution in [-0.4, -0.2) is 4.98 Å². The molecular formula is C13H7ClN4O. The molecule has 0 bridgehead atoms. The Bertz CT molecular complexity index is 805. The minimum Gasteiger partial charge on any atom is -0.436 e. The standard InChI is InChI=1S/C13H7ClN4O/c14-9-4-5-11-12(7-9)19-13(16-11)8-2-1-3-10(6-8)17-18-15/h1-7H. The Morgan fingerprint density at radius 2 is 2.11 bits per heavy atom. The predicted octanol–water partition coefficient (Wildman–Crippen LogP) is 5.09. The molecular weight excluding hydrogens is 264 g/mol. The molecule has 0 N–H and O–H groups in total. The van der Waals surface area contributed by atoms with Gasteiger partial charge >= 0.3 is 0 Å². The van der Waals surface area contributed by atoms with E-state index in [0.717, 1.165) is 11.1 Å². The first-order valence-electron chi connectivity index (χ1n) is 5.48. The van der Waals surface area contributed by atoms with E-state index < -0.39 is 0 Å². The lowest BCUT2D eigenvalue weighted by molar-refractivity contribution is 0.620. The molecule has 92 valence electrons. The van der Waals surface area contributed by atoms with Gasteiger partial charge in [0, 0.05) is 27.3 Å². The molecule has 0 aliphatic rings. The van der Waals surface area contributed by atoms with Crippen LogP contribution in [0.25, 0.3) is 33.0 Å². The Hall–Kier alpha value is -2.49. The molecule has 0 unspecified atom stereocenters. The molecule has 1 aromatic heterocycles. The molecule has 0 aliphatic carbocycles. The maximum atomic E-state index is 8.43. The molecule has 0 aliphatic heterocycles. The molecule has 0 amide bonds. The van der Waals surface area contributed by atoms with E-state index in [2.05, 4.69) is 15.0 Å². The summed E-state index contributed by atoms with van der Waals surface area (Å²) in [5.41, 5.74) is 11.0. The van der Waals surface area contributed by atoms with E-state index in [1.807, 2.05) is 6.07 Å². The van der Waals surface area contributed by atoms with Crippen molar-refractivity contribution < 1.29 is 4.42 Å². The third-order valence-electron chi connectivity index (χ3n) is 2.60. The van der Waals surface area contributed by atoms with Crippen molar-refractivity contribution in [1.29, 1.82) is 0 Å². The van der Waals surface area contributed by atoms with E-state index in [1.54, 1.807) is 36.4 Å². The summed E-state index contributed by atoms with van der Waals surface area (Å²) in [4.78, 5) is 7.12. The molecule has 0 saturated carbocycles. The van der Waals surface area contributed by atoms with Crippen LogP contribution in [0.5, 0.6) is 0 Å². The number of aromatic nitrogens is 1. The van der Waals surface area contributed by atoms with Crippen LogP contribution in [0.3, 0.4) is 0 Å². The Balaban J connectivity index is 2.13. The van der Waals surface area contributed by atoms with E-state index in [9.17, 15) is 0 Å². The average molecular weight is 271 g/mol. The minimum absolute atomic E-state index is 0.465. The summed E-state index contributed by atoms with van der Waals surface area (Å²) < 4.78 is 5.64. The predicted molar refractivity (Wildman–Crippen MR) is 73.3 cm³/mol. The van der Waals surface area contributed by atoms with Crippen LogP contribution in [0.4, 0.5) is 5.69 Å². The van der Waals surface area contributed by atoms with Crippen molar-refractivity contribution in [1.82, 2.24) is 4.98 Å². The summed E-state index contributed by atoms with van der Waals surface area (Å²) in [7, 11) is 0. The van der Waals surface area contributed by atoms with E-state index in [1.165, 1.54) is 0 Å². The fourth-order valence-corrected chi connectivity index (χ4v) is 1.94. The maximum absolute atomic E-state index is 8.43. The van der Waals surface area contributed by atoms with Crippen LogP contribution < -0.4 is 0 Å². The highest BCUT2D eigenvalue weighted by Crippen LogP contribution is 2.28. The van der Waals surface area contributed by atoms with Gasteiger partial charge in [-0.1, -0.05) is 28.8 Å². The number of benzene rings is 2. The lowest BCUT2D eigenvalue weighted by Gasteiger charge is -1.95. The van der Waals surface area contributed by atoms with Crippen molar-refractivity contribution in [2.45, 2.75) is 0 Å². The van der Waals surface area contributed by atoms with Gasteiger partial charge in [0.1, 0.15) is 5.52 Å². The maximum Gasteiger partial charge on any atom is 0.227 e. The third-order valence-corrected chi connectivity index (χ3v) is 2.84. The fraction of sp³-hybridized carbons (Fsp3) is 0. The highest BCUT2D eigenvalue weighted by atomic mass is 35.5. The lowest BCUT2D eigenvalue weighted by atomic mass is 10.2. The van der Waals surface area contributed by atoms with Crippen LogP contribution in [0.1, 0.15) is 0 Å². The van der Waals surface area contributed by atoms with Crippen LogP contribution >= 0.6 is 11.6 Å². The molecule has 2 aromatic carbocycles. The molecule has 0 saturated heterocycles. The van der Waals surface area contributed by atoms with Crippen molar-refractivity contribution in [3.63, 3.8) is 0 Å². The normalized spacial score (nSPS) is 10.4. The van der Waals surface area contributed by atoms with Gasteiger partial charge in [0.25, 0.3) is 0 Å². The Labute approximate surface area is 113 Å². The van der Waals surface area contributed by atoms with Crippen molar-refractivity contribution in [2.75, 3.05) is 0 Å². The van der Waals surface area contributed by atoms with Gasteiger partial charge in [-0.3, -0.25) is 0 Å². The molecule has 0 radical (unpaired) electrons. The number of oxazole rings is 1. The lowest BCUT2D eigenvalue weighted by Crippen LogP contribution is -1.75. The highest BCUT2D eigenvalue weighted by Gasteiger charge is 2.08. The second-order valence-electron chi connectivity index (χ2n) is 3.87. The largest absolute Gasteiger partial charge is 0.436 e. The Morgan fingerprint density at radius 3 is 2.95 bits per heavy atom. The van der Waals surface area contributed by atoms with E-state index in [-0.39, 0.29) is 0 Å². The van der Waals surface area contributed by atoms with Gasteiger partial charge in [-0.15, -0.1) is 0 Å². The molecule has 1 heterocycles. The number of halogens is 1. The van der Waals surface area contributed by atoms with Crippen LogP contribution in [0.2, 0.25) is 5.02 Å². The van der Waals surface area contributed by atoms with Crippen molar-refractivity contribution in [3.05, 3.63) is 57.9 Å². The number of nitrogens with zero attached hydrogens (tertiary/aromatic N) is 4. The topological polar surface area (TPSA) is 74.8 Å². The highest BCUT2D eigenvalue weighted by molar-refractivity contribution is 6.31. The van der Waals surface area contributed by atoms with E-state index >= 15 is 0 Å². The smallest absolute Gasteiger partial charge is 0.227 e. The molecule has 3 aromatic rings. The first-order valence-corrected chi connectivity index (χ1v) is 5.86. The summed E-state index contributed by atoms with van der Waals surface area (Å²) >= 11 is 5.90. The monoisotopic (exact) mass is 270 g/mol. The summed E-state index contributed by atoms with van der Waals surface area (Å²) in [5, 5.41) is 4.15. The van der Waals surface area contributed by atoms with Gasteiger partial charge in [0.2, 0.25) is 5.89 Å². The number of fused-ring (bicyclic) bond motifs is 1. The van der Waals surface area contributed by atoms with Crippen molar-refractivity contribution in [3.8, 4) is 11.5 Å². The molecule has 3 rings (SSSR count). The zero-order valence-electron chi connectivity index (χ0n) is 9.62. The van der Waals surface area contributed by atoms with Gasteiger partial charge in [0.15, 0.2) is 5.58 Å². The number of hydrogen-bond acceptors (Lipinski definition) is 3.